The molecule has 1 aromatic carbocycles. The number of alkyl halides is 4. The number of carbonyl (C=O) groups excluding carboxylic acids is 1. The molecular weight excluding hydrogens is 328 g/mol. The number of primary amides is 1. The van der Waals surface area contributed by atoms with E-state index in [4.69, 9.17) is 11.5 Å². The monoisotopic (exact) mass is 344 g/mol. The van der Waals surface area contributed by atoms with Crippen molar-refractivity contribution in [3.05, 3.63) is 46.6 Å². The highest BCUT2D eigenvalue weighted by Gasteiger charge is 2.31. The van der Waals surface area contributed by atoms with E-state index in [1.54, 1.807) is 6.92 Å². The van der Waals surface area contributed by atoms with E-state index in [-0.39, 0.29) is 17.1 Å². The van der Waals surface area contributed by atoms with Gasteiger partial charge in [-0.2, -0.15) is 18.3 Å². The number of amides is 1. The number of halogens is 4. The Balaban J connectivity index is 2.48. The molecule has 1 heterocycles. The first-order valence-corrected chi connectivity index (χ1v) is 7.10. The lowest BCUT2D eigenvalue weighted by molar-refractivity contribution is -0.137. The molecule has 4 N–H and O–H groups in total. The van der Waals surface area contributed by atoms with Gasteiger partial charge >= 0.3 is 6.18 Å². The maximum absolute atomic E-state index is 13.0. The molecule has 0 aliphatic carbocycles. The maximum Gasteiger partial charge on any atom is 0.416 e. The predicted molar refractivity (Wildman–Crippen MR) is 79.8 cm³/mol. The van der Waals surface area contributed by atoms with Gasteiger partial charge in [0.2, 0.25) is 0 Å². The van der Waals surface area contributed by atoms with Crippen LogP contribution in [-0.4, -0.2) is 15.7 Å². The van der Waals surface area contributed by atoms with Crippen molar-refractivity contribution in [2.24, 2.45) is 5.73 Å². The number of carbonyl (C=O) groups is 1. The quantitative estimate of drug-likeness (QED) is 0.817. The van der Waals surface area contributed by atoms with Crippen molar-refractivity contribution in [1.82, 2.24) is 9.78 Å². The molecule has 0 saturated carbocycles. The number of anilines is 1. The van der Waals surface area contributed by atoms with Crippen LogP contribution in [0.1, 0.15) is 46.6 Å². The van der Waals surface area contributed by atoms with Crippen LogP contribution in [0.2, 0.25) is 0 Å². The van der Waals surface area contributed by atoms with Crippen molar-refractivity contribution in [3.8, 4) is 0 Å². The molecule has 0 aliphatic rings. The lowest BCUT2D eigenvalue weighted by Crippen LogP contribution is -2.17. The molecule has 0 radical (unpaired) electrons. The highest BCUT2D eigenvalue weighted by atomic mass is 19.4. The summed E-state index contributed by atoms with van der Waals surface area (Å²) >= 11 is 0. The number of rotatable bonds is 5. The summed E-state index contributed by atoms with van der Waals surface area (Å²) in [5, 5.41) is 3.96. The molecule has 2 aromatic rings. The number of nitrogen functional groups attached to an aromatic ring is 1. The SMILES string of the molecule is CCC(c1ccc(C(F)(F)F)cc1)n1nc(CF)c(C(N)=O)c1N. The van der Waals surface area contributed by atoms with E-state index in [1.807, 2.05) is 0 Å². The zero-order valence-electron chi connectivity index (χ0n) is 12.8. The van der Waals surface area contributed by atoms with Gasteiger partial charge in [-0.3, -0.25) is 4.79 Å². The molecule has 1 amide bonds. The highest BCUT2D eigenvalue weighted by molar-refractivity contribution is 5.98. The fourth-order valence-electron chi connectivity index (χ4n) is 2.54. The van der Waals surface area contributed by atoms with Crippen LogP contribution >= 0.6 is 0 Å². The van der Waals surface area contributed by atoms with E-state index in [1.165, 1.54) is 16.8 Å². The third kappa shape index (κ3) is 3.19. The molecule has 0 aliphatic heterocycles. The van der Waals surface area contributed by atoms with E-state index in [2.05, 4.69) is 5.10 Å². The van der Waals surface area contributed by atoms with Gasteiger partial charge in [-0.1, -0.05) is 19.1 Å². The summed E-state index contributed by atoms with van der Waals surface area (Å²) in [6, 6.07) is 3.95. The largest absolute Gasteiger partial charge is 0.416 e. The Labute approximate surface area is 135 Å². The fraction of sp³-hybridized carbons (Fsp3) is 0.333. The van der Waals surface area contributed by atoms with Crippen molar-refractivity contribution in [1.29, 1.82) is 0 Å². The molecule has 24 heavy (non-hydrogen) atoms. The van der Waals surface area contributed by atoms with Crippen LogP contribution in [0.4, 0.5) is 23.4 Å². The van der Waals surface area contributed by atoms with Crippen LogP contribution < -0.4 is 11.5 Å². The van der Waals surface area contributed by atoms with Gasteiger partial charge in [0.25, 0.3) is 5.91 Å². The number of aromatic nitrogens is 2. The van der Waals surface area contributed by atoms with Crippen LogP contribution in [0.5, 0.6) is 0 Å². The van der Waals surface area contributed by atoms with Crippen LogP contribution in [0, 0.1) is 0 Å². The summed E-state index contributed by atoms with van der Waals surface area (Å²) in [5.74, 6) is -1.02. The van der Waals surface area contributed by atoms with E-state index in [0.717, 1.165) is 12.1 Å². The number of nitrogens with zero attached hydrogens (tertiary/aromatic N) is 2. The van der Waals surface area contributed by atoms with Gasteiger partial charge in [0.1, 0.15) is 23.7 Å². The van der Waals surface area contributed by atoms with Crippen molar-refractivity contribution in [2.45, 2.75) is 32.2 Å². The third-order valence-corrected chi connectivity index (χ3v) is 3.70. The number of hydrogen-bond donors (Lipinski definition) is 2. The average Bonchev–Trinajstić information content (AvgIpc) is 2.85. The first kappa shape index (κ1) is 17.8. The van der Waals surface area contributed by atoms with Crippen molar-refractivity contribution < 1.29 is 22.4 Å². The first-order chi connectivity index (χ1) is 11.2. The zero-order chi connectivity index (χ0) is 18.1. The minimum Gasteiger partial charge on any atom is -0.383 e. The summed E-state index contributed by atoms with van der Waals surface area (Å²) in [6.45, 7) is 0.738. The van der Waals surface area contributed by atoms with Gasteiger partial charge in [-0.05, 0) is 24.1 Å². The van der Waals surface area contributed by atoms with Gasteiger partial charge in [0.15, 0.2) is 0 Å². The molecule has 5 nitrogen and oxygen atoms in total. The Bertz CT molecular complexity index is 737. The molecule has 9 heteroatoms. The molecular formula is C15H16F4N4O. The fourth-order valence-corrected chi connectivity index (χ4v) is 2.54. The average molecular weight is 344 g/mol. The summed E-state index contributed by atoms with van der Waals surface area (Å²) in [5.41, 5.74) is 10.4. The van der Waals surface area contributed by atoms with Gasteiger partial charge in [0, 0.05) is 0 Å². The van der Waals surface area contributed by atoms with E-state index in [9.17, 15) is 22.4 Å². The van der Waals surface area contributed by atoms with Gasteiger partial charge in [-0.15, -0.1) is 0 Å². The van der Waals surface area contributed by atoms with Crippen molar-refractivity contribution >= 4 is 11.7 Å². The molecule has 0 spiro atoms. The topological polar surface area (TPSA) is 86.9 Å². The molecule has 2 rings (SSSR count). The van der Waals surface area contributed by atoms with E-state index in [0.29, 0.717) is 12.0 Å². The second-order valence-electron chi connectivity index (χ2n) is 5.19. The second-order valence-corrected chi connectivity index (χ2v) is 5.19. The molecule has 0 fully saturated rings. The number of nitrogens with two attached hydrogens (primary N) is 2. The minimum absolute atomic E-state index is 0.109. The van der Waals surface area contributed by atoms with Gasteiger partial charge in [-0.25, -0.2) is 9.07 Å². The van der Waals surface area contributed by atoms with E-state index < -0.39 is 30.4 Å². The third-order valence-electron chi connectivity index (χ3n) is 3.70. The molecule has 0 saturated heterocycles. The van der Waals surface area contributed by atoms with Crippen LogP contribution in [0.15, 0.2) is 24.3 Å². The summed E-state index contributed by atoms with van der Waals surface area (Å²) in [7, 11) is 0. The molecule has 130 valence electrons. The lowest BCUT2D eigenvalue weighted by Gasteiger charge is -2.18. The van der Waals surface area contributed by atoms with Crippen LogP contribution in [0.3, 0.4) is 0 Å². The molecule has 1 unspecified atom stereocenters. The first-order valence-electron chi connectivity index (χ1n) is 7.10. The van der Waals surface area contributed by atoms with Gasteiger partial charge in [0.05, 0.1) is 11.6 Å². The Morgan fingerprint density at radius 3 is 2.25 bits per heavy atom. The molecule has 0 bridgehead atoms. The lowest BCUT2D eigenvalue weighted by atomic mass is 10.0. The summed E-state index contributed by atoms with van der Waals surface area (Å²) in [6.07, 6.45) is -4.02. The summed E-state index contributed by atoms with van der Waals surface area (Å²) in [4.78, 5) is 11.4. The normalized spacial score (nSPS) is 13.0. The minimum atomic E-state index is -4.44. The Morgan fingerprint density at radius 2 is 1.88 bits per heavy atom. The van der Waals surface area contributed by atoms with Crippen LogP contribution in [-0.2, 0) is 12.9 Å². The number of benzene rings is 1. The van der Waals surface area contributed by atoms with Gasteiger partial charge < -0.3 is 11.5 Å². The maximum atomic E-state index is 13.0. The zero-order valence-corrected chi connectivity index (χ0v) is 12.8. The van der Waals surface area contributed by atoms with Crippen LogP contribution in [0.25, 0.3) is 0 Å². The Morgan fingerprint density at radius 1 is 1.29 bits per heavy atom. The number of hydrogen-bond acceptors (Lipinski definition) is 3. The highest BCUT2D eigenvalue weighted by Crippen LogP contribution is 2.32. The van der Waals surface area contributed by atoms with Crippen molar-refractivity contribution in [2.75, 3.05) is 5.73 Å². The summed E-state index contributed by atoms with van der Waals surface area (Å²) < 4.78 is 52.2. The Kier molecular flexibility index (Phi) is 4.81. The standard InChI is InChI=1S/C15H16F4N4O/c1-2-11(8-3-5-9(6-4-8)15(17,18)19)23-13(20)12(14(21)24)10(7-16)22-23/h3-6,11H,2,7,20H2,1H3,(H2,21,24). The molecule has 1 aromatic heterocycles. The van der Waals surface area contributed by atoms with E-state index >= 15 is 0 Å². The smallest absolute Gasteiger partial charge is 0.383 e. The Hall–Kier alpha value is -2.58. The van der Waals surface area contributed by atoms with Crippen molar-refractivity contribution in [3.63, 3.8) is 0 Å². The molecule has 1 atom stereocenters. The predicted octanol–water partition coefficient (Wildman–Crippen LogP) is 3.05. The second kappa shape index (κ2) is 6.50.